The van der Waals surface area contributed by atoms with Gasteiger partial charge in [-0.2, -0.15) is 0 Å². The van der Waals surface area contributed by atoms with Crippen molar-refractivity contribution in [1.29, 1.82) is 0 Å². The van der Waals surface area contributed by atoms with Crippen LogP contribution in [0.25, 0.3) is 0 Å². The first kappa shape index (κ1) is 12.1. The zero-order valence-electron chi connectivity index (χ0n) is 9.44. The lowest BCUT2D eigenvalue weighted by Gasteiger charge is -2.13. The third-order valence-electron chi connectivity index (χ3n) is 2.33. The van der Waals surface area contributed by atoms with Crippen molar-refractivity contribution in [3.63, 3.8) is 0 Å². The summed E-state index contributed by atoms with van der Waals surface area (Å²) in [4.78, 5) is 13.1. The van der Waals surface area contributed by atoms with Gasteiger partial charge in [0.1, 0.15) is 0 Å². The summed E-state index contributed by atoms with van der Waals surface area (Å²) in [5.41, 5.74) is 7.45. The van der Waals surface area contributed by atoms with Gasteiger partial charge in [-0.3, -0.25) is 4.79 Å². The molecule has 2 N–H and O–H groups in total. The van der Waals surface area contributed by atoms with Crippen LogP contribution >= 0.6 is 0 Å². The predicted octanol–water partition coefficient (Wildman–Crippen LogP) is 1.29. The molecular weight excluding hydrogens is 200 g/mol. The SMILES string of the molecule is C#CCN(C)C(=O)CCc1cccc(N)c1. The van der Waals surface area contributed by atoms with Gasteiger partial charge in [-0.15, -0.1) is 6.42 Å². The van der Waals surface area contributed by atoms with Crippen LogP contribution in [0, 0.1) is 12.3 Å². The lowest BCUT2D eigenvalue weighted by molar-refractivity contribution is -0.129. The maximum atomic E-state index is 11.6. The Bertz CT molecular complexity index is 407. The highest BCUT2D eigenvalue weighted by Crippen LogP contribution is 2.09. The predicted molar refractivity (Wildman–Crippen MR) is 65.6 cm³/mol. The summed E-state index contributed by atoms with van der Waals surface area (Å²) in [5, 5.41) is 0. The first-order valence-corrected chi connectivity index (χ1v) is 5.15. The molecule has 0 saturated heterocycles. The van der Waals surface area contributed by atoms with Crippen LogP contribution in [0.5, 0.6) is 0 Å². The molecule has 0 fully saturated rings. The molecule has 0 heterocycles. The number of aryl methyl sites for hydroxylation is 1. The Labute approximate surface area is 96.2 Å². The summed E-state index contributed by atoms with van der Waals surface area (Å²) in [5.74, 6) is 2.50. The summed E-state index contributed by atoms with van der Waals surface area (Å²) in [6.45, 7) is 0.357. The molecule has 3 heteroatoms. The van der Waals surface area contributed by atoms with Gasteiger partial charge in [-0.25, -0.2) is 0 Å². The first-order valence-electron chi connectivity index (χ1n) is 5.15. The van der Waals surface area contributed by atoms with E-state index >= 15 is 0 Å². The van der Waals surface area contributed by atoms with E-state index in [2.05, 4.69) is 5.92 Å². The van der Waals surface area contributed by atoms with Crippen molar-refractivity contribution in [2.24, 2.45) is 0 Å². The maximum absolute atomic E-state index is 11.6. The highest BCUT2D eigenvalue weighted by Gasteiger charge is 2.07. The van der Waals surface area contributed by atoms with Crippen molar-refractivity contribution in [1.82, 2.24) is 4.90 Å². The summed E-state index contributed by atoms with van der Waals surface area (Å²) >= 11 is 0. The van der Waals surface area contributed by atoms with E-state index in [1.807, 2.05) is 24.3 Å². The molecule has 0 saturated carbocycles. The largest absolute Gasteiger partial charge is 0.399 e. The fraction of sp³-hybridized carbons (Fsp3) is 0.308. The van der Waals surface area contributed by atoms with Crippen molar-refractivity contribution >= 4 is 11.6 Å². The molecule has 0 radical (unpaired) electrons. The van der Waals surface area contributed by atoms with Gasteiger partial charge in [0.05, 0.1) is 6.54 Å². The van der Waals surface area contributed by atoms with Gasteiger partial charge in [0.15, 0.2) is 0 Å². The number of amides is 1. The molecule has 1 amide bonds. The molecule has 1 aromatic rings. The summed E-state index contributed by atoms with van der Waals surface area (Å²) < 4.78 is 0. The average Bonchev–Trinajstić information content (AvgIpc) is 2.26. The van der Waals surface area contributed by atoms with E-state index in [9.17, 15) is 4.79 Å². The molecule has 1 aromatic carbocycles. The molecule has 0 spiro atoms. The Morgan fingerprint density at radius 1 is 1.56 bits per heavy atom. The minimum atomic E-state index is 0.0559. The highest BCUT2D eigenvalue weighted by atomic mass is 16.2. The van der Waals surface area contributed by atoms with E-state index in [0.717, 1.165) is 11.3 Å². The zero-order valence-corrected chi connectivity index (χ0v) is 9.44. The van der Waals surface area contributed by atoms with Crippen LogP contribution in [-0.4, -0.2) is 24.4 Å². The van der Waals surface area contributed by atoms with Gasteiger partial charge >= 0.3 is 0 Å². The Hall–Kier alpha value is -1.95. The van der Waals surface area contributed by atoms with Crippen LogP contribution in [0.15, 0.2) is 24.3 Å². The standard InChI is InChI=1S/C13H16N2O/c1-3-9-15(2)13(16)8-7-11-5-4-6-12(14)10-11/h1,4-6,10H,7-9,14H2,2H3. The molecule has 3 nitrogen and oxygen atoms in total. The number of nitrogen functional groups attached to an aromatic ring is 1. The van der Waals surface area contributed by atoms with E-state index in [4.69, 9.17) is 12.2 Å². The normalized spacial score (nSPS) is 9.50. The van der Waals surface area contributed by atoms with E-state index in [1.165, 1.54) is 0 Å². The number of hydrogen-bond donors (Lipinski definition) is 1. The Balaban J connectivity index is 2.46. The van der Waals surface area contributed by atoms with Crippen LogP contribution in [0.2, 0.25) is 0 Å². The van der Waals surface area contributed by atoms with Crippen molar-refractivity contribution in [2.45, 2.75) is 12.8 Å². The fourth-order valence-electron chi connectivity index (χ4n) is 1.42. The van der Waals surface area contributed by atoms with Crippen molar-refractivity contribution in [3.8, 4) is 12.3 Å². The molecule has 0 aliphatic rings. The molecule has 0 aromatic heterocycles. The van der Waals surface area contributed by atoms with Gasteiger partial charge < -0.3 is 10.6 Å². The van der Waals surface area contributed by atoms with Crippen LogP contribution in [0.3, 0.4) is 0 Å². The number of carbonyl (C=O) groups excluding carboxylic acids is 1. The smallest absolute Gasteiger partial charge is 0.223 e. The quantitative estimate of drug-likeness (QED) is 0.609. The van der Waals surface area contributed by atoms with Gasteiger partial charge in [0.2, 0.25) is 5.91 Å². The zero-order chi connectivity index (χ0) is 12.0. The molecule has 16 heavy (non-hydrogen) atoms. The van der Waals surface area contributed by atoms with Gasteiger partial charge in [-0.1, -0.05) is 18.1 Å². The van der Waals surface area contributed by atoms with E-state index in [1.54, 1.807) is 11.9 Å². The minimum Gasteiger partial charge on any atom is -0.399 e. The molecule has 0 aliphatic heterocycles. The number of hydrogen-bond acceptors (Lipinski definition) is 2. The third-order valence-corrected chi connectivity index (χ3v) is 2.33. The lowest BCUT2D eigenvalue weighted by atomic mass is 10.1. The fourth-order valence-corrected chi connectivity index (χ4v) is 1.42. The van der Waals surface area contributed by atoms with E-state index < -0.39 is 0 Å². The molecule has 0 unspecified atom stereocenters. The molecule has 84 valence electrons. The summed E-state index contributed by atoms with van der Waals surface area (Å²) in [7, 11) is 1.71. The molecule has 0 aliphatic carbocycles. The first-order chi connectivity index (χ1) is 7.63. The number of terminal acetylenes is 1. The van der Waals surface area contributed by atoms with Gasteiger partial charge in [0.25, 0.3) is 0 Å². The molecule has 0 atom stereocenters. The minimum absolute atomic E-state index is 0.0559. The molecular formula is C13H16N2O. The topological polar surface area (TPSA) is 46.3 Å². The highest BCUT2D eigenvalue weighted by molar-refractivity contribution is 5.76. The second-order valence-corrected chi connectivity index (χ2v) is 3.70. The van der Waals surface area contributed by atoms with E-state index in [0.29, 0.717) is 19.4 Å². The second kappa shape index (κ2) is 5.82. The summed E-state index contributed by atoms with van der Waals surface area (Å²) in [6.07, 6.45) is 6.29. The van der Waals surface area contributed by atoms with Crippen LogP contribution in [0.1, 0.15) is 12.0 Å². The van der Waals surface area contributed by atoms with Gasteiger partial charge in [-0.05, 0) is 24.1 Å². The van der Waals surface area contributed by atoms with Crippen molar-refractivity contribution in [2.75, 3.05) is 19.3 Å². The third kappa shape index (κ3) is 3.66. The van der Waals surface area contributed by atoms with Crippen LogP contribution in [-0.2, 0) is 11.2 Å². The number of benzene rings is 1. The number of nitrogens with two attached hydrogens (primary N) is 1. The number of rotatable bonds is 4. The van der Waals surface area contributed by atoms with Crippen LogP contribution in [0.4, 0.5) is 5.69 Å². The van der Waals surface area contributed by atoms with Crippen molar-refractivity contribution < 1.29 is 4.79 Å². The Morgan fingerprint density at radius 3 is 2.94 bits per heavy atom. The maximum Gasteiger partial charge on any atom is 0.223 e. The van der Waals surface area contributed by atoms with E-state index in [-0.39, 0.29) is 5.91 Å². The number of nitrogens with zero attached hydrogens (tertiary/aromatic N) is 1. The van der Waals surface area contributed by atoms with Crippen molar-refractivity contribution in [3.05, 3.63) is 29.8 Å². The molecule has 1 rings (SSSR count). The lowest BCUT2D eigenvalue weighted by Crippen LogP contribution is -2.27. The molecule has 0 bridgehead atoms. The monoisotopic (exact) mass is 216 g/mol. The Morgan fingerprint density at radius 2 is 2.31 bits per heavy atom. The van der Waals surface area contributed by atoms with Gasteiger partial charge in [0, 0.05) is 19.2 Å². The van der Waals surface area contributed by atoms with Crippen LogP contribution < -0.4 is 5.73 Å². The number of carbonyl (C=O) groups is 1. The second-order valence-electron chi connectivity index (χ2n) is 3.70. The summed E-state index contributed by atoms with van der Waals surface area (Å²) in [6, 6.07) is 7.56. The number of anilines is 1. The average molecular weight is 216 g/mol. The Kier molecular flexibility index (Phi) is 4.41.